The zero-order chi connectivity index (χ0) is 20.9. The van der Waals surface area contributed by atoms with E-state index in [0.29, 0.717) is 5.76 Å². The van der Waals surface area contributed by atoms with E-state index >= 15 is 0 Å². The van der Waals surface area contributed by atoms with Crippen molar-refractivity contribution in [2.45, 2.75) is 26.4 Å². The molecule has 2 aliphatic carbocycles. The van der Waals surface area contributed by atoms with Gasteiger partial charge >= 0.3 is 17.9 Å². The van der Waals surface area contributed by atoms with Crippen LogP contribution in [0.3, 0.4) is 0 Å². The Balaban J connectivity index is 2.44. The van der Waals surface area contributed by atoms with Crippen molar-refractivity contribution in [2.24, 2.45) is 23.7 Å². The van der Waals surface area contributed by atoms with E-state index in [4.69, 9.17) is 23.7 Å². The fraction of sp³-hybridized carbons (Fsp3) is 0.650. The third-order valence-corrected chi connectivity index (χ3v) is 5.17. The topological polar surface area (TPSA) is 97.4 Å². The summed E-state index contributed by atoms with van der Waals surface area (Å²) in [4.78, 5) is 37.2. The van der Waals surface area contributed by atoms with Crippen LogP contribution in [0.1, 0.15) is 20.8 Å². The number of rotatable bonds is 9. The molecule has 0 aromatic rings. The summed E-state index contributed by atoms with van der Waals surface area (Å²) in [6.45, 7) is 5.70. The van der Waals surface area contributed by atoms with Crippen LogP contribution in [0, 0.1) is 23.7 Å². The summed E-state index contributed by atoms with van der Waals surface area (Å²) in [6.07, 6.45) is 4.64. The molecule has 0 aromatic carbocycles. The van der Waals surface area contributed by atoms with Crippen molar-refractivity contribution >= 4 is 17.9 Å². The summed E-state index contributed by atoms with van der Waals surface area (Å²) >= 11 is 0. The standard InChI is InChI=1S/C20H28O8/c1-6-26-14(21)9-10-20(25-5)12-11-13(24-4)15(18(22)27-7-2)16(17(12)20)19(23)28-8-3/h9-12,15-17H,6-8H2,1-5H3/b10-9+/t12-,15+,16-,17-,20-/m1/s1. The smallest absolute Gasteiger partial charge is 0.330 e. The first-order valence-electron chi connectivity index (χ1n) is 9.41. The van der Waals surface area contributed by atoms with Gasteiger partial charge in [0.05, 0.1) is 38.4 Å². The van der Waals surface area contributed by atoms with Gasteiger partial charge in [-0.2, -0.15) is 0 Å². The normalized spacial score (nSPS) is 30.8. The Morgan fingerprint density at radius 3 is 2.14 bits per heavy atom. The molecule has 0 aromatic heterocycles. The van der Waals surface area contributed by atoms with Crippen LogP contribution in [-0.2, 0) is 38.1 Å². The lowest BCUT2D eigenvalue weighted by Crippen LogP contribution is -2.39. The van der Waals surface area contributed by atoms with Crippen molar-refractivity contribution in [3.05, 3.63) is 24.0 Å². The van der Waals surface area contributed by atoms with Crippen molar-refractivity contribution in [1.82, 2.24) is 0 Å². The van der Waals surface area contributed by atoms with E-state index in [1.807, 2.05) is 0 Å². The molecule has 0 unspecified atom stereocenters. The van der Waals surface area contributed by atoms with Crippen LogP contribution >= 0.6 is 0 Å². The highest BCUT2D eigenvalue weighted by Gasteiger charge is 2.72. The number of carbonyl (C=O) groups is 3. The van der Waals surface area contributed by atoms with E-state index in [0.717, 1.165) is 0 Å². The van der Waals surface area contributed by atoms with Crippen molar-refractivity contribution < 1.29 is 38.1 Å². The van der Waals surface area contributed by atoms with Crippen molar-refractivity contribution in [3.8, 4) is 0 Å². The van der Waals surface area contributed by atoms with Gasteiger partial charge in [-0.15, -0.1) is 0 Å². The highest BCUT2D eigenvalue weighted by molar-refractivity contribution is 5.86. The second kappa shape index (κ2) is 9.23. The minimum absolute atomic E-state index is 0.174. The molecule has 1 fully saturated rings. The zero-order valence-corrected chi connectivity index (χ0v) is 16.9. The molecule has 0 amide bonds. The molecule has 8 nitrogen and oxygen atoms in total. The van der Waals surface area contributed by atoms with Crippen LogP contribution in [0.4, 0.5) is 0 Å². The van der Waals surface area contributed by atoms with E-state index in [2.05, 4.69) is 0 Å². The number of hydrogen-bond acceptors (Lipinski definition) is 8. The Morgan fingerprint density at radius 1 is 1.00 bits per heavy atom. The summed E-state index contributed by atoms with van der Waals surface area (Å²) in [5.74, 6) is -3.68. The molecule has 1 saturated carbocycles. The Bertz CT molecular complexity index is 667. The van der Waals surface area contributed by atoms with E-state index in [1.54, 1.807) is 32.9 Å². The molecule has 2 rings (SSSR count). The number of fused-ring (bicyclic) bond motifs is 1. The third-order valence-electron chi connectivity index (χ3n) is 5.17. The van der Waals surface area contributed by atoms with E-state index in [9.17, 15) is 14.4 Å². The van der Waals surface area contributed by atoms with Gasteiger partial charge in [-0.3, -0.25) is 9.59 Å². The van der Waals surface area contributed by atoms with Gasteiger partial charge in [-0.25, -0.2) is 4.79 Å². The first-order valence-corrected chi connectivity index (χ1v) is 9.41. The molecule has 0 spiro atoms. The Morgan fingerprint density at radius 2 is 1.61 bits per heavy atom. The van der Waals surface area contributed by atoms with Gasteiger partial charge < -0.3 is 23.7 Å². The van der Waals surface area contributed by atoms with Gasteiger partial charge in [0.1, 0.15) is 11.7 Å². The van der Waals surface area contributed by atoms with Crippen LogP contribution in [0.15, 0.2) is 24.0 Å². The lowest BCUT2D eigenvalue weighted by Gasteiger charge is -2.28. The monoisotopic (exact) mass is 396 g/mol. The third kappa shape index (κ3) is 3.92. The summed E-state index contributed by atoms with van der Waals surface area (Å²) in [6, 6.07) is 0. The van der Waals surface area contributed by atoms with Gasteiger partial charge in [0.15, 0.2) is 0 Å². The molecule has 0 heterocycles. The van der Waals surface area contributed by atoms with Crippen LogP contribution < -0.4 is 0 Å². The molecule has 0 saturated heterocycles. The van der Waals surface area contributed by atoms with Crippen LogP contribution in [0.2, 0.25) is 0 Å². The fourth-order valence-electron chi connectivity index (χ4n) is 4.00. The minimum atomic E-state index is -0.935. The molecule has 0 aliphatic heterocycles. The van der Waals surface area contributed by atoms with Gasteiger partial charge in [-0.05, 0) is 32.9 Å². The maximum absolute atomic E-state index is 12.8. The predicted molar refractivity (Wildman–Crippen MR) is 97.8 cm³/mol. The number of carbonyl (C=O) groups excluding carboxylic acids is 3. The number of methoxy groups -OCH3 is 2. The van der Waals surface area contributed by atoms with Gasteiger partial charge in [0.2, 0.25) is 0 Å². The summed E-state index contributed by atoms with van der Waals surface area (Å²) in [5, 5.41) is 0. The fourth-order valence-corrected chi connectivity index (χ4v) is 4.00. The molecule has 2 aliphatic rings. The maximum atomic E-state index is 12.8. The number of esters is 3. The largest absolute Gasteiger partial charge is 0.500 e. The van der Waals surface area contributed by atoms with Gasteiger partial charge in [0.25, 0.3) is 0 Å². The Hall–Kier alpha value is -2.35. The van der Waals surface area contributed by atoms with E-state index in [1.165, 1.54) is 20.3 Å². The highest BCUT2D eigenvalue weighted by atomic mass is 16.5. The maximum Gasteiger partial charge on any atom is 0.330 e. The molecule has 156 valence electrons. The molecular formula is C20H28O8. The average Bonchev–Trinajstić information content (AvgIpc) is 3.32. The van der Waals surface area contributed by atoms with Crippen molar-refractivity contribution in [1.29, 1.82) is 0 Å². The molecule has 0 bridgehead atoms. The van der Waals surface area contributed by atoms with Gasteiger partial charge in [0, 0.05) is 25.0 Å². The summed E-state index contributed by atoms with van der Waals surface area (Å²) in [7, 11) is 2.93. The van der Waals surface area contributed by atoms with Crippen LogP contribution in [0.25, 0.3) is 0 Å². The van der Waals surface area contributed by atoms with Crippen molar-refractivity contribution in [2.75, 3.05) is 34.0 Å². The molecule has 28 heavy (non-hydrogen) atoms. The molecule has 0 radical (unpaired) electrons. The number of ether oxygens (including phenoxy) is 5. The van der Waals surface area contributed by atoms with Gasteiger partial charge in [-0.1, -0.05) is 0 Å². The van der Waals surface area contributed by atoms with Crippen molar-refractivity contribution in [3.63, 3.8) is 0 Å². The minimum Gasteiger partial charge on any atom is -0.500 e. The quantitative estimate of drug-likeness (QED) is 0.330. The first-order chi connectivity index (χ1) is 13.4. The SMILES string of the molecule is CCOC(=O)/C=C/[C@]1(OC)[C@H]2[C@H](C(=O)OCC)[C@@H](C(=O)OCC)C(OC)=C[C@H]21. The lowest BCUT2D eigenvalue weighted by atomic mass is 9.81. The lowest BCUT2D eigenvalue weighted by molar-refractivity contribution is -0.162. The predicted octanol–water partition coefficient (Wildman–Crippen LogP) is 1.64. The number of hydrogen-bond donors (Lipinski definition) is 0. The molecule has 8 heteroatoms. The van der Waals surface area contributed by atoms with Crippen LogP contribution in [0.5, 0.6) is 0 Å². The second-order valence-corrected chi connectivity index (χ2v) is 6.48. The second-order valence-electron chi connectivity index (χ2n) is 6.48. The summed E-state index contributed by atoms with van der Waals surface area (Å²) < 4.78 is 26.4. The molecular weight excluding hydrogens is 368 g/mol. The van der Waals surface area contributed by atoms with Crippen LogP contribution in [-0.4, -0.2) is 57.5 Å². The molecule has 5 atom stereocenters. The zero-order valence-electron chi connectivity index (χ0n) is 16.9. The Labute approximate surface area is 164 Å². The Kier molecular flexibility index (Phi) is 7.23. The van der Waals surface area contributed by atoms with E-state index in [-0.39, 0.29) is 25.7 Å². The van der Waals surface area contributed by atoms with E-state index < -0.39 is 41.3 Å². The summed E-state index contributed by atoms with van der Waals surface area (Å²) in [5.41, 5.74) is -0.935. The average molecular weight is 396 g/mol. The first kappa shape index (κ1) is 21.9. The molecule has 0 N–H and O–H groups in total. The highest BCUT2D eigenvalue weighted by Crippen LogP contribution is 2.64.